The van der Waals surface area contributed by atoms with E-state index in [1.165, 1.54) is 42.2 Å². The number of thioether (sulfide) groups is 1. The third-order valence-corrected chi connectivity index (χ3v) is 3.67. The van der Waals surface area contributed by atoms with E-state index in [0.717, 1.165) is 6.07 Å². The van der Waals surface area contributed by atoms with Crippen LogP contribution in [0.2, 0.25) is 0 Å². The number of amides is 1. The fraction of sp³-hybridized carbons (Fsp3) is 0.0714. The second-order valence-corrected chi connectivity index (χ2v) is 5.14. The Morgan fingerprint density at radius 1 is 1.24 bits per heavy atom. The van der Waals surface area contributed by atoms with Crippen molar-refractivity contribution >= 4 is 23.6 Å². The molecule has 1 heterocycles. The van der Waals surface area contributed by atoms with Crippen molar-refractivity contribution in [3.63, 3.8) is 0 Å². The molecule has 0 bridgehead atoms. The van der Waals surface area contributed by atoms with Crippen LogP contribution in [0.15, 0.2) is 41.6 Å². The van der Waals surface area contributed by atoms with Crippen molar-refractivity contribution in [2.24, 2.45) is 5.73 Å². The van der Waals surface area contributed by atoms with Crippen LogP contribution in [-0.4, -0.2) is 22.0 Å². The molecule has 1 aromatic carbocycles. The minimum Gasteiger partial charge on any atom is -0.478 e. The Balaban J connectivity index is 2.11. The molecule has 1 amide bonds. The molecule has 2 rings (SSSR count). The number of primary amides is 1. The summed E-state index contributed by atoms with van der Waals surface area (Å²) in [6.07, 6.45) is 1.39. The summed E-state index contributed by atoms with van der Waals surface area (Å²) in [5.74, 6) is -2.01. The van der Waals surface area contributed by atoms with Gasteiger partial charge < -0.3 is 10.8 Å². The summed E-state index contributed by atoms with van der Waals surface area (Å²) >= 11 is 1.20. The molecule has 21 heavy (non-hydrogen) atoms. The van der Waals surface area contributed by atoms with Crippen LogP contribution in [0.25, 0.3) is 0 Å². The standard InChI is InChI=1S/C14H11FN2O3S/c15-11-5-8(13(16)18)1-2-10(11)7-21-12-6-9(14(19)20)3-4-17-12/h1-6H,7H2,(H2,16,18)(H,19,20). The van der Waals surface area contributed by atoms with Crippen LogP contribution in [0.4, 0.5) is 4.39 Å². The van der Waals surface area contributed by atoms with Gasteiger partial charge >= 0.3 is 5.97 Å². The van der Waals surface area contributed by atoms with Crippen LogP contribution in [0.1, 0.15) is 26.3 Å². The lowest BCUT2D eigenvalue weighted by atomic mass is 10.1. The minimum atomic E-state index is -1.05. The zero-order chi connectivity index (χ0) is 15.4. The number of halogens is 1. The van der Waals surface area contributed by atoms with Crippen molar-refractivity contribution in [2.75, 3.05) is 0 Å². The molecule has 0 unspecified atom stereocenters. The molecule has 0 saturated carbocycles. The number of nitrogens with zero attached hydrogens (tertiary/aromatic N) is 1. The molecule has 0 aliphatic carbocycles. The summed E-state index contributed by atoms with van der Waals surface area (Å²) in [5.41, 5.74) is 5.67. The Morgan fingerprint density at radius 3 is 2.62 bits per heavy atom. The third kappa shape index (κ3) is 3.79. The number of aromatic carboxylic acids is 1. The molecule has 2 aromatic rings. The number of hydrogen-bond donors (Lipinski definition) is 2. The molecule has 0 atom stereocenters. The molecule has 0 fully saturated rings. The van der Waals surface area contributed by atoms with E-state index in [0.29, 0.717) is 10.6 Å². The van der Waals surface area contributed by atoms with E-state index in [1.807, 2.05) is 0 Å². The van der Waals surface area contributed by atoms with Crippen molar-refractivity contribution in [3.05, 3.63) is 59.0 Å². The Morgan fingerprint density at radius 2 is 2.00 bits per heavy atom. The van der Waals surface area contributed by atoms with Crippen LogP contribution in [0.3, 0.4) is 0 Å². The van der Waals surface area contributed by atoms with Gasteiger partial charge in [0, 0.05) is 17.5 Å². The molecular formula is C14H11FN2O3S. The van der Waals surface area contributed by atoms with Crippen molar-refractivity contribution in [2.45, 2.75) is 10.8 Å². The maximum atomic E-state index is 13.8. The molecule has 0 aliphatic rings. The zero-order valence-corrected chi connectivity index (χ0v) is 11.6. The van der Waals surface area contributed by atoms with Gasteiger partial charge in [-0.2, -0.15) is 0 Å². The van der Waals surface area contributed by atoms with E-state index in [9.17, 15) is 14.0 Å². The molecule has 108 valence electrons. The van der Waals surface area contributed by atoms with E-state index in [-0.39, 0.29) is 16.9 Å². The first kappa shape index (κ1) is 15.0. The van der Waals surface area contributed by atoms with Gasteiger partial charge in [-0.25, -0.2) is 14.2 Å². The van der Waals surface area contributed by atoms with Gasteiger partial charge in [-0.15, -0.1) is 11.8 Å². The van der Waals surface area contributed by atoms with Crippen LogP contribution < -0.4 is 5.73 Å². The monoisotopic (exact) mass is 306 g/mol. The zero-order valence-electron chi connectivity index (χ0n) is 10.7. The maximum Gasteiger partial charge on any atom is 0.335 e. The molecule has 1 aromatic heterocycles. The molecule has 0 spiro atoms. The number of carboxylic acid groups (broad SMARTS) is 1. The highest BCUT2D eigenvalue weighted by Crippen LogP contribution is 2.23. The Hall–Kier alpha value is -2.41. The lowest BCUT2D eigenvalue weighted by molar-refractivity contribution is 0.0696. The number of aromatic nitrogens is 1. The molecule has 0 saturated heterocycles. The minimum absolute atomic E-state index is 0.104. The number of carbonyl (C=O) groups excluding carboxylic acids is 1. The predicted octanol–water partition coefficient (Wildman–Crippen LogP) is 2.31. The molecule has 3 N–H and O–H groups in total. The van der Waals surface area contributed by atoms with Gasteiger partial charge in [0.15, 0.2) is 0 Å². The topological polar surface area (TPSA) is 93.3 Å². The van der Waals surface area contributed by atoms with E-state index < -0.39 is 17.7 Å². The number of nitrogens with two attached hydrogens (primary N) is 1. The van der Waals surface area contributed by atoms with Gasteiger partial charge in [0.05, 0.1) is 10.6 Å². The number of carbonyl (C=O) groups is 2. The number of carboxylic acids is 1. The van der Waals surface area contributed by atoms with Gasteiger partial charge in [0.2, 0.25) is 5.91 Å². The van der Waals surface area contributed by atoms with Crippen LogP contribution in [-0.2, 0) is 5.75 Å². The molecule has 0 radical (unpaired) electrons. The number of hydrogen-bond acceptors (Lipinski definition) is 4. The first-order chi connectivity index (χ1) is 9.97. The van der Waals surface area contributed by atoms with Crippen LogP contribution >= 0.6 is 11.8 Å². The highest BCUT2D eigenvalue weighted by Gasteiger charge is 2.09. The number of pyridine rings is 1. The van der Waals surface area contributed by atoms with Crippen molar-refractivity contribution in [1.82, 2.24) is 4.98 Å². The van der Waals surface area contributed by atoms with Gasteiger partial charge in [-0.05, 0) is 29.8 Å². The normalized spacial score (nSPS) is 10.3. The van der Waals surface area contributed by atoms with E-state index in [2.05, 4.69) is 4.98 Å². The first-order valence-electron chi connectivity index (χ1n) is 5.88. The van der Waals surface area contributed by atoms with Crippen LogP contribution in [0, 0.1) is 5.82 Å². The number of rotatable bonds is 5. The Kier molecular flexibility index (Phi) is 4.54. The smallest absolute Gasteiger partial charge is 0.335 e. The van der Waals surface area contributed by atoms with Crippen molar-refractivity contribution in [3.8, 4) is 0 Å². The fourth-order valence-electron chi connectivity index (χ4n) is 1.59. The average Bonchev–Trinajstić information content (AvgIpc) is 2.46. The van der Waals surface area contributed by atoms with Gasteiger partial charge in [-0.1, -0.05) is 6.07 Å². The summed E-state index contributed by atoms with van der Waals surface area (Å²) in [6, 6.07) is 6.81. The summed E-state index contributed by atoms with van der Waals surface area (Å²) in [4.78, 5) is 25.8. The van der Waals surface area contributed by atoms with Crippen molar-refractivity contribution < 1.29 is 19.1 Å². The quantitative estimate of drug-likeness (QED) is 0.827. The largest absolute Gasteiger partial charge is 0.478 e. The molecular weight excluding hydrogens is 295 g/mol. The highest BCUT2D eigenvalue weighted by molar-refractivity contribution is 7.98. The summed E-state index contributed by atoms with van der Waals surface area (Å²) in [6.45, 7) is 0. The SMILES string of the molecule is NC(=O)c1ccc(CSc2cc(C(=O)O)ccn2)c(F)c1. The van der Waals surface area contributed by atoms with Crippen LogP contribution in [0.5, 0.6) is 0 Å². The second-order valence-electron chi connectivity index (χ2n) is 4.15. The number of benzene rings is 1. The lowest BCUT2D eigenvalue weighted by Crippen LogP contribution is -2.11. The predicted molar refractivity (Wildman–Crippen MR) is 75.7 cm³/mol. The first-order valence-corrected chi connectivity index (χ1v) is 6.86. The summed E-state index contributed by atoms with van der Waals surface area (Å²) < 4.78 is 13.8. The van der Waals surface area contributed by atoms with E-state index in [4.69, 9.17) is 10.8 Å². The Bertz CT molecular complexity index is 706. The lowest BCUT2D eigenvalue weighted by Gasteiger charge is -2.05. The Labute approximate surface area is 124 Å². The maximum absolute atomic E-state index is 13.8. The fourth-order valence-corrected chi connectivity index (χ4v) is 2.47. The third-order valence-electron chi connectivity index (χ3n) is 2.69. The van der Waals surface area contributed by atoms with E-state index >= 15 is 0 Å². The second kappa shape index (κ2) is 6.36. The summed E-state index contributed by atoms with van der Waals surface area (Å²) in [7, 11) is 0. The van der Waals surface area contributed by atoms with Gasteiger partial charge in [0.1, 0.15) is 5.82 Å². The molecule has 5 nitrogen and oxygen atoms in total. The van der Waals surface area contributed by atoms with Crippen molar-refractivity contribution in [1.29, 1.82) is 0 Å². The summed E-state index contributed by atoms with van der Waals surface area (Å²) in [5, 5.41) is 9.36. The van der Waals surface area contributed by atoms with Gasteiger partial charge in [-0.3, -0.25) is 4.79 Å². The van der Waals surface area contributed by atoms with Gasteiger partial charge in [0.25, 0.3) is 0 Å². The average molecular weight is 306 g/mol. The highest BCUT2D eigenvalue weighted by atomic mass is 32.2. The molecule has 0 aliphatic heterocycles. The molecule has 7 heteroatoms. The van der Waals surface area contributed by atoms with E-state index in [1.54, 1.807) is 0 Å².